The van der Waals surface area contributed by atoms with Gasteiger partial charge >= 0.3 is 0 Å². The number of piperazine rings is 1. The topological polar surface area (TPSA) is 63.2 Å². The van der Waals surface area contributed by atoms with Crippen LogP contribution in [-0.4, -0.2) is 47.7 Å². The van der Waals surface area contributed by atoms with Gasteiger partial charge in [0.1, 0.15) is 0 Å². The average Bonchev–Trinajstić information content (AvgIpc) is 2.94. The van der Waals surface area contributed by atoms with Gasteiger partial charge in [-0.15, -0.1) is 11.3 Å². The highest BCUT2D eigenvalue weighted by atomic mass is 32.1. The van der Waals surface area contributed by atoms with Gasteiger partial charge in [0, 0.05) is 37.5 Å². The lowest BCUT2D eigenvalue weighted by molar-refractivity contribution is 0.308. The van der Waals surface area contributed by atoms with E-state index in [1.54, 1.807) is 23.7 Å². The van der Waals surface area contributed by atoms with Gasteiger partial charge in [0.2, 0.25) is 5.88 Å². The number of nitrogens with one attached hydrogen (secondary N) is 1. The van der Waals surface area contributed by atoms with Crippen LogP contribution in [0, 0.1) is 6.92 Å². The van der Waals surface area contributed by atoms with E-state index in [4.69, 9.17) is 4.74 Å². The summed E-state index contributed by atoms with van der Waals surface area (Å²) in [6.07, 6.45) is 4.33. The summed E-state index contributed by atoms with van der Waals surface area (Å²) in [6.45, 7) is 6.50. The third kappa shape index (κ3) is 3.68. The van der Waals surface area contributed by atoms with Gasteiger partial charge in [-0.05, 0) is 6.92 Å². The summed E-state index contributed by atoms with van der Waals surface area (Å²) in [5, 5.41) is 3.33. The van der Waals surface area contributed by atoms with E-state index in [1.165, 1.54) is 4.88 Å². The summed E-state index contributed by atoms with van der Waals surface area (Å²) in [5.74, 6) is 1.48. The van der Waals surface area contributed by atoms with Crippen molar-refractivity contribution in [3.05, 3.63) is 28.5 Å². The van der Waals surface area contributed by atoms with Crippen molar-refractivity contribution >= 4 is 17.2 Å². The zero-order valence-electron chi connectivity index (χ0n) is 12.1. The van der Waals surface area contributed by atoms with Gasteiger partial charge in [-0.1, -0.05) is 0 Å². The third-order valence-electron chi connectivity index (χ3n) is 3.46. The molecule has 1 saturated heterocycles. The molecule has 0 aromatic carbocycles. The van der Waals surface area contributed by atoms with Crippen molar-refractivity contribution in [1.29, 1.82) is 0 Å². The molecule has 0 amide bonds. The van der Waals surface area contributed by atoms with Crippen molar-refractivity contribution in [1.82, 2.24) is 20.3 Å². The number of ether oxygens (including phenoxy) is 1. The summed E-state index contributed by atoms with van der Waals surface area (Å²) in [6, 6.07) is 0. The molecule has 2 aromatic rings. The van der Waals surface area contributed by atoms with Crippen LogP contribution in [0.15, 0.2) is 17.9 Å². The van der Waals surface area contributed by atoms with Gasteiger partial charge in [-0.3, -0.25) is 4.98 Å². The fourth-order valence-electron chi connectivity index (χ4n) is 2.27. The highest BCUT2D eigenvalue weighted by Gasteiger charge is 2.12. The molecule has 1 fully saturated rings. The lowest BCUT2D eigenvalue weighted by Crippen LogP contribution is -2.43. The molecule has 3 rings (SSSR count). The Labute approximate surface area is 128 Å². The minimum atomic E-state index is 0.591. The number of thiazole rings is 1. The van der Waals surface area contributed by atoms with E-state index in [-0.39, 0.29) is 0 Å². The molecule has 0 bridgehead atoms. The van der Waals surface area contributed by atoms with E-state index in [2.05, 4.69) is 25.2 Å². The Bertz CT molecular complexity index is 582. The second-order valence-corrected chi connectivity index (χ2v) is 5.85. The van der Waals surface area contributed by atoms with E-state index in [1.807, 2.05) is 12.4 Å². The Morgan fingerprint density at radius 1 is 1.33 bits per heavy atom. The molecule has 6 nitrogen and oxygen atoms in total. The van der Waals surface area contributed by atoms with Crippen molar-refractivity contribution in [2.45, 2.75) is 13.3 Å². The van der Waals surface area contributed by atoms with Gasteiger partial charge in [0.05, 0.1) is 30.2 Å². The zero-order chi connectivity index (χ0) is 14.5. The number of nitrogens with zero attached hydrogens (tertiary/aromatic N) is 4. The molecule has 1 aliphatic rings. The van der Waals surface area contributed by atoms with Crippen molar-refractivity contribution < 1.29 is 4.74 Å². The highest BCUT2D eigenvalue weighted by Crippen LogP contribution is 2.16. The highest BCUT2D eigenvalue weighted by molar-refractivity contribution is 7.09. The van der Waals surface area contributed by atoms with Crippen molar-refractivity contribution in [2.24, 2.45) is 0 Å². The van der Waals surface area contributed by atoms with E-state index in [0.717, 1.165) is 44.1 Å². The van der Waals surface area contributed by atoms with Crippen LogP contribution in [0.3, 0.4) is 0 Å². The minimum Gasteiger partial charge on any atom is -0.476 e. The number of anilines is 1. The fraction of sp³-hybridized carbons (Fsp3) is 0.500. The van der Waals surface area contributed by atoms with Crippen LogP contribution >= 0.6 is 11.3 Å². The van der Waals surface area contributed by atoms with E-state index < -0.39 is 0 Å². The fourth-order valence-corrected chi connectivity index (χ4v) is 3.03. The summed E-state index contributed by atoms with van der Waals surface area (Å²) >= 11 is 1.67. The molecule has 112 valence electrons. The van der Waals surface area contributed by atoms with Gasteiger partial charge in [-0.25, -0.2) is 4.98 Å². The lowest BCUT2D eigenvalue weighted by atomic mass is 10.3. The maximum absolute atomic E-state index is 5.73. The van der Waals surface area contributed by atoms with Crippen LogP contribution in [0.25, 0.3) is 0 Å². The Balaban J connectivity index is 1.57. The third-order valence-corrected chi connectivity index (χ3v) is 4.46. The van der Waals surface area contributed by atoms with E-state index in [9.17, 15) is 0 Å². The zero-order valence-corrected chi connectivity index (χ0v) is 12.9. The van der Waals surface area contributed by atoms with Crippen LogP contribution in [0.1, 0.15) is 10.6 Å². The standard InChI is InChI=1S/C14H19N5OS/c1-11-12(21-10-17-11)2-7-20-14-9-16-8-13(18-14)19-5-3-15-4-6-19/h8-10,15H,2-7H2,1H3. The van der Waals surface area contributed by atoms with Gasteiger partial charge in [0.15, 0.2) is 5.82 Å². The summed E-state index contributed by atoms with van der Waals surface area (Å²) in [7, 11) is 0. The van der Waals surface area contributed by atoms with Crippen molar-refractivity contribution in [3.63, 3.8) is 0 Å². The number of aromatic nitrogens is 3. The maximum Gasteiger partial charge on any atom is 0.234 e. The van der Waals surface area contributed by atoms with E-state index in [0.29, 0.717) is 12.5 Å². The Kier molecular flexibility index (Phi) is 4.62. The molecule has 1 N–H and O–H groups in total. The minimum absolute atomic E-state index is 0.591. The number of rotatable bonds is 5. The molecule has 21 heavy (non-hydrogen) atoms. The van der Waals surface area contributed by atoms with Crippen molar-refractivity contribution in [3.8, 4) is 5.88 Å². The first-order valence-corrected chi connectivity index (χ1v) is 8.00. The summed E-state index contributed by atoms with van der Waals surface area (Å²) in [4.78, 5) is 16.5. The average molecular weight is 305 g/mol. The molecular formula is C14H19N5OS. The summed E-state index contributed by atoms with van der Waals surface area (Å²) < 4.78 is 5.73. The summed E-state index contributed by atoms with van der Waals surface area (Å²) in [5.41, 5.74) is 2.96. The smallest absolute Gasteiger partial charge is 0.234 e. The molecule has 0 radical (unpaired) electrons. The molecule has 3 heterocycles. The Morgan fingerprint density at radius 3 is 2.95 bits per heavy atom. The first kappa shape index (κ1) is 14.2. The molecule has 2 aromatic heterocycles. The first-order chi connectivity index (χ1) is 10.3. The predicted octanol–water partition coefficient (Wildman–Crippen LogP) is 1.27. The Hall–Kier alpha value is -1.73. The largest absolute Gasteiger partial charge is 0.476 e. The quantitative estimate of drug-likeness (QED) is 0.897. The van der Waals surface area contributed by atoms with Gasteiger partial charge in [-0.2, -0.15) is 4.98 Å². The second kappa shape index (κ2) is 6.82. The lowest BCUT2D eigenvalue weighted by Gasteiger charge is -2.28. The molecule has 0 saturated carbocycles. The molecule has 0 spiro atoms. The predicted molar refractivity (Wildman–Crippen MR) is 83.2 cm³/mol. The normalized spacial score (nSPS) is 15.2. The first-order valence-electron chi connectivity index (χ1n) is 7.12. The number of aryl methyl sites for hydroxylation is 1. The van der Waals surface area contributed by atoms with Crippen LogP contribution < -0.4 is 15.0 Å². The SMILES string of the molecule is Cc1ncsc1CCOc1cncc(N2CCNCC2)n1. The van der Waals surface area contributed by atoms with Crippen LogP contribution in [0.2, 0.25) is 0 Å². The van der Waals surface area contributed by atoms with Crippen LogP contribution in [-0.2, 0) is 6.42 Å². The molecule has 0 atom stereocenters. The molecule has 0 aliphatic carbocycles. The van der Waals surface area contributed by atoms with Gasteiger partial charge < -0.3 is 15.0 Å². The van der Waals surface area contributed by atoms with Crippen LogP contribution in [0.4, 0.5) is 5.82 Å². The molecule has 1 aliphatic heterocycles. The number of hydrogen-bond acceptors (Lipinski definition) is 7. The second-order valence-electron chi connectivity index (χ2n) is 4.91. The monoisotopic (exact) mass is 305 g/mol. The van der Waals surface area contributed by atoms with Crippen molar-refractivity contribution in [2.75, 3.05) is 37.7 Å². The number of hydrogen-bond donors (Lipinski definition) is 1. The molecule has 0 unspecified atom stereocenters. The Morgan fingerprint density at radius 2 is 2.19 bits per heavy atom. The van der Waals surface area contributed by atoms with E-state index >= 15 is 0 Å². The molecule has 7 heteroatoms. The van der Waals surface area contributed by atoms with Crippen LogP contribution in [0.5, 0.6) is 5.88 Å². The van der Waals surface area contributed by atoms with Gasteiger partial charge in [0.25, 0.3) is 0 Å². The molecular weight excluding hydrogens is 286 g/mol. The maximum atomic E-state index is 5.73.